The largest absolute Gasteiger partial charge is 0.378 e. The van der Waals surface area contributed by atoms with Crippen LogP contribution < -0.4 is 0 Å². The third-order valence-electron chi connectivity index (χ3n) is 6.61. The number of rotatable bonds is 12. The van der Waals surface area contributed by atoms with Gasteiger partial charge in [-0.15, -0.1) is 0 Å². The fourth-order valence-electron chi connectivity index (χ4n) is 4.94. The number of ketones is 1. The number of benzene rings is 1. The van der Waals surface area contributed by atoms with E-state index in [9.17, 15) is 4.79 Å². The van der Waals surface area contributed by atoms with Gasteiger partial charge in [-0.1, -0.05) is 82.2 Å². The summed E-state index contributed by atoms with van der Waals surface area (Å²) in [4.78, 5) is 15.4. The first-order valence-electron chi connectivity index (χ1n) is 11.7. The number of piperidine rings is 1. The van der Waals surface area contributed by atoms with Gasteiger partial charge in [-0.05, 0) is 24.8 Å². The number of Topliss-reactive ketones (excluding diaryl/α,β-unsaturated/α-hetero) is 1. The fourth-order valence-corrected chi connectivity index (χ4v) is 4.94. The quantitative estimate of drug-likeness (QED) is 0.428. The molecular weight excluding hydrogens is 346 g/mol. The van der Waals surface area contributed by atoms with E-state index in [2.05, 4.69) is 42.2 Å². The van der Waals surface area contributed by atoms with Gasteiger partial charge in [0.15, 0.2) is 0 Å². The number of ether oxygens (including phenoxy) is 1. The molecule has 0 radical (unpaired) electrons. The van der Waals surface area contributed by atoms with Crippen LogP contribution in [0.5, 0.6) is 0 Å². The summed E-state index contributed by atoms with van der Waals surface area (Å²) in [7, 11) is 0. The van der Waals surface area contributed by atoms with Crippen molar-refractivity contribution in [1.82, 2.24) is 4.90 Å². The molecular formula is C25H39NO2. The maximum absolute atomic E-state index is 12.8. The van der Waals surface area contributed by atoms with E-state index < -0.39 is 0 Å². The van der Waals surface area contributed by atoms with Crippen molar-refractivity contribution < 1.29 is 9.53 Å². The van der Waals surface area contributed by atoms with Crippen LogP contribution in [0.2, 0.25) is 0 Å². The molecule has 3 rings (SSSR count). The zero-order chi connectivity index (χ0) is 19.6. The molecule has 2 aliphatic heterocycles. The maximum Gasteiger partial charge on any atom is 0.136 e. The molecule has 2 aliphatic rings. The molecule has 2 unspecified atom stereocenters. The van der Waals surface area contributed by atoms with Crippen LogP contribution in [0.3, 0.4) is 0 Å². The van der Waals surface area contributed by atoms with Crippen molar-refractivity contribution in [2.75, 3.05) is 13.2 Å². The Morgan fingerprint density at radius 3 is 2.18 bits per heavy atom. The van der Waals surface area contributed by atoms with Gasteiger partial charge in [0.2, 0.25) is 0 Å². The molecule has 0 aliphatic carbocycles. The summed E-state index contributed by atoms with van der Waals surface area (Å²) >= 11 is 0. The summed E-state index contributed by atoms with van der Waals surface area (Å²) in [5.74, 6) is 0.776. The number of nitrogens with zero attached hydrogens (tertiary/aromatic N) is 1. The van der Waals surface area contributed by atoms with Gasteiger partial charge in [-0.2, -0.15) is 0 Å². The number of unbranched alkanes of at least 4 members (excludes halogenated alkanes) is 7. The van der Waals surface area contributed by atoms with Crippen molar-refractivity contribution in [1.29, 1.82) is 0 Å². The minimum absolute atomic E-state index is 0.260. The van der Waals surface area contributed by atoms with Crippen LogP contribution in [0, 0.1) is 5.92 Å². The Labute approximate surface area is 171 Å². The minimum Gasteiger partial charge on any atom is -0.378 e. The van der Waals surface area contributed by atoms with E-state index in [1.54, 1.807) is 0 Å². The van der Waals surface area contributed by atoms with Crippen LogP contribution in [0.4, 0.5) is 0 Å². The van der Waals surface area contributed by atoms with Crippen molar-refractivity contribution >= 4 is 5.78 Å². The summed E-state index contributed by atoms with van der Waals surface area (Å²) in [5.41, 5.74) is 1.36. The lowest BCUT2D eigenvalue weighted by Gasteiger charge is -2.48. The molecule has 3 nitrogen and oxygen atoms in total. The molecule has 3 heteroatoms. The van der Waals surface area contributed by atoms with Crippen LogP contribution in [0.25, 0.3) is 0 Å². The second-order valence-corrected chi connectivity index (χ2v) is 8.86. The van der Waals surface area contributed by atoms with Crippen molar-refractivity contribution in [3.8, 4) is 0 Å². The maximum atomic E-state index is 12.8. The fraction of sp³-hybridized carbons (Fsp3) is 0.720. The molecule has 2 saturated heterocycles. The summed E-state index contributed by atoms with van der Waals surface area (Å²) in [6, 6.07) is 11.5. The summed E-state index contributed by atoms with van der Waals surface area (Å²) in [5, 5.41) is 0. The lowest BCUT2D eigenvalue weighted by molar-refractivity contribution is -0.133. The predicted molar refractivity (Wildman–Crippen MR) is 115 cm³/mol. The Kier molecular flexibility index (Phi) is 9.01. The average Bonchev–Trinajstić information content (AvgIpc) is 2.70. The molecule has 0 spiro atoms. The Hall–Kier alpha value is -1.19. The number of hydrogen-bond donors (Lipinski definition) is 0. The highest BCUT2D eigenvalue weighted by Crippen LogP contribution is 2.34. The first kappa shape index (κ1) is 21.5. The van der Waals surface area contributed by atoms with Gasteiger partial charge >= 0.3 is 0 Å². The molecule has 0 N–H and O–H groups in total. The lowest BCUT2D eigenvalue weighted by Crippen LogP contribution is -2.57. The topological polar surface area (TPSA) is 29.5 Å². The number of carbonyl (C=O) groups excluding carboxylic acids is 1. The molecule has 28 heavy (non-hydrogen) atoms. The third kappa shape index (κ3) is 6.42. The van der Waals surface area contributed by atoms with Crippen LogP contribution in [-0.2, 0) is 16.1 Å². The van der Waals surface area contributed by atoms with Gasteiger partial charge in [0.25, 0.3) is 0 Å². The van der Waals surface area contributed by atoms with Crippen LogP contribution in [0.15, 0.2) is 30.3 Å². The third-order valence-corrected chi connectivity index (χ3v) is 6.61. The number of fused-ring (bicyclic) bond motifs is 2. The average molecular weight is 386 g/mol. The Morgan fingerprint density at radius 1 is 0.929 bits per heavy atom. The number of morpholine rings is 1. The van der Waals surface area contributed by atoms with E-state index in [0.717, 1.165) is 45.4 Å². The van der Waals surface area contributed by atoms with Gasteiger partial charge < -0.3 is 4.74 Å². The predicted octanol–water partition coefficient (Wildman–Crippen LogP) is 5.77. The normalized spacial score (nSPS) is 25.0. The van der Waals surface area contributed by atoms with Crippen molar-refractivity contribution in [2.45, 2.75) is 96.2 Å². The first-order chi connectivity index (χ1) is 13.8. The van der Waals surface area contributed by atoms with Crippen molar-refractivity contribution in [3.05, 3.63) is 35.9 Å². The molecule has 2 atom stereocenters. The summed E-state index contributed by atoms with van der Waals surface area (Å²) in [6.45, 7) is 4.81. The van der Waals surface area contributed by atoms with E-state index >= 15 is 0 Å². The minimum atomic E-state index is 0.260. The second-order valence-electron chi connectivity index (χ2n) is 8.86. The van der Waals surface area contributed by atoms with Crippen LogP contribution in [0.1, 0.15) is 83.1 Å². The molecule has 2 heterocycles. The highest BCUT2D eigenvalue weighted by atomic mass is 16.5. The molecule has 156 valence electrons. The lowest BCUT2D eigenvalue weighted by atomic mass is 9.81. The molecule has 0 saturated carbocycles. The highest BCUT2D eigenvalue weighted by molar-refractivity contribution is 5.81. The summed E-state index contributed by atoms with van der Waals surface area (Å²) in [6.07, 6.45) is 13.1. The Bertz CT molecular complexity index is 559. The SMILES string of the molecule is CCCCCCCCCCC(=O)C1CC2COCC(C1)N2Cc1ccccc1. The zero-order valence-electron chi connectivity index (χ0n) is 17.8. The van der Waals surface area contributed by atoms with Crippen molar-refractivity contribution in [3.63, 3.8) is 0 Å². The van der Waals surface area contributed by atoms with Crippen molar-refractivity contribution in [2.24, 2.45) is 5.92 Å². The monoisotopic (exact) mass is 385 g/mol. The first-order valence-corrected chi connectivity index (χ1v) is 11.7. The summed E-state index contributed by atoms with van der Waals surface area (Å²) < 4.78 is 5.83. The highest BCUT2D eigenvalue weighted by Gasteiger charge is 2.40. The number of carbonyl (C=O) groups is 1. The second kappa shape index (κ2) is 11.7. The van der Waals surface area contributed by atoms with Gasteiger partial charge in [-0.25, -0.2) is 0 Å². The smallest absolute Gasteiger partial charge is 0.136 e. The van der Waals surface area contributed by atoms with E-state index in [4.69, 9.17) is 4.74 Å². The van der Waals surface area contributed by atoms with Crippen LogP contribution in [-0.4, -0.2) is 36.0 Å². The molecule has 2 bridgehead atoms. The van der Waals surface area contributed by atoms with E-state index in [1.807, 2.05) is 0 Å². The molecule has 0 aromatic heterocycles. The number of hydrogen-bond acceptors (Lipinski definition) is 3. The standard InChI is InChI=1S/C25H39NO2/c1-2-3-4-5-6-7-8-12-15-25(27)22-16-23-19-28-20-24(17-22)26(23)18-21-13-10-9-11-14-21/h9-11,13-14,22-24H,2-8,12,15-20H2,1H3. The Morgan fingerprint density at radius 2 is 1.54 bits per heavy atom. The van der Waals surface area contributed by atoms with E-state index in [-0.39, 0.29) is 5.92 Å². The molecule has 1 aromatic carbocycles. The molecule has 2 fully saturated rings. The molecule has 1 aromatic rings. The van der Waals surface area contributed by atoms with Gasteiger partial charge in [0.05, 0.1) is 13.2 Å². The van der Waals surface area contributed by atoms with E-state index in [0.29, 0.717) is 17.9 Å². The molecule has 0 amide bonds. The van der Waals surface area contributed by atoms with E-state index in [1.165, 1.54) is 50.5 Å². The Balaban J connectivity index is 1.39. The van der Waals surface area contributed by atoms with Gasteiger partial charge in [0.1, 0.15) is 5.78 Å². The zero-order valence-corrected chi connectivity index (χ0v) is 17.8. The van der Waals surface area contributed by atoms with Crippen LogP contribution >= 0.6 is 0 Å². The van der Waals surface area contributed by atoms with Gasteiger partial charge in [-0.3, -0.25) is 9.69 Å². The van der Waals surface area contributed by atoms with Gasteiger partial charge in [0, 0.05) is 31.0 Å².